The Morgan fingerprint density at radius 1 is 1.11 bits per heavy atom. The zero-order valence-electron chi connectivity index (χ0n) is 14.9. The highest BCUT2D eigenvalue weighted by molar-refractivity contribution is 7.92. The molecule has 0 unspecified atom stereocenters. The first kappa shape index (κ1) is 20.6. The van der Waals surface area contributed by atoms with Crippen LogP contribution in [0.15, 0.2) is 47.6 Å². The molecule has 0 amide bonds. The number of halogens is 2. The molecule has 3 rings (SSSR count). The van der Waals surface area contributed by atoms with Gasteiger partial charge in [-0.1, -0.05) is 29.8 Å². The van der Waals surface area contributed by atoms with E-state index in [1.165, 1.54) is 30.3 Å². The SMILES string of the molecule is CS(=O)(=O)Nc1ccc(C2=NN(S(C)(=O)=O)[C@H](c3c(F)cccc3Cl)C2)cc1. The van der Waals surface area contributed by atoms with Crippen LogP contribution in [0, 0.1) is 5.82 Å². The van der Waals surface area contributed by atoms with Crippen molar-refractivity contribution in [1.82, 2.24) is 4.41 Å². The Morgan fingerprint density at radius 2 is 1.75 bits per heavy atom. The summed E-state index contributed by atoms with van der Waals surface area (Å²) < 4.78 is 64.6. The molecule has 0 bridgehead atoms. The summed E-state index contributed by atoms with van der Waals surface area (Å²) in [6.07, 6.45) is 2.14. The van der Waals surface area contributed by atoms with Crippen LogP contribution in [0.25, 0.3) is 0 Å². The molecule has 1 aliphatic heterocycles. The largest absolute Gasteiger partial charge is 0.284 e. The molecule has 0 saturated carbocycles. The summed E-state index contributed by atoms with van der Waals surface area (Å²) in [6, 6.07) is 9.52. The molecule has 7 nitrogen and oxygen atoms in total. The molecule has 0 spiro atoms. The summed E-state index contributed by atoms with van der Waals surface area (Å²) in [5, 5.41) is 4.29. The molecule has 1 aliphatic rings. The zero-order valence-corrected chi connectivity index (χ0v) is 17.3. The smallest absolute Gasteiger partial charge is 0.247 e. The van der Waals surface area contributed by atoms with Gasteiger partial charge >= 0.3 is 0 Å². The highest BCUT2D eigenvalue weighted by Crippen LogP contribution is 2.39. The molecule has 2 aromatic carbocycles. The van der Waals surface area contributed by atoms with Crippen molar-refractivity contribution in [3.05, 3.63) is 64.4 Å². The third-order valence-corrected chi connectivity index (χ3v) is 6.02. The van der Waals surface area contributed by atoms with Gasteiger partial charge in [0.1, 0.15) is 5.82 Å². The second-order valence-electron chi connectivity index (χ2n) is 6.39. The second-order valence-corrected chi connectivity index (χ2v) is 10.4. The van der Waals surface area contributed by atoms with Gasteiger partial charge in [0.05, 0.1) is 24.3 Å². The average molecular weight is 446 g/mol. The Hall–Kier alpha value is -2.17. The van der Waals surface area contributed by atoms with Gasteiger partial charge < -0.3 is 0 Å². The molecule has 1 N–H and O–H groups in total. The molecule has 0 radical (unpaired) electrons. The van der Waals surface area contributed by atoms with Crippen molar-refractivity contribution < 1.29 is 21.2 Å². The third kappa shape index (κ3) is 4.45. The first-order valence-electron chi connectivity index (χ1n) is 8.05. The quantitative estimate of drug-likeness (QED) is 0.765. The zero-order chi connectivity index (χ0) is 20.7. The van der Waals surface area contributed by atoms with Gasteiger partial charge in [-0.05, 0) is 29.8 Å². The maximum absolute atomic E-state index is 14.4. The number of hydrogen-bond acceptors (Lipinski definition) is 5. The van der Waals surface area contributed by atoms with Gasteiger partial charge in [0.15, 0.2) is 0 Å². The van der Waals surface area contributed by atoms with Gasteiger partial charge in [0.25, 0.3) is 0 Å². The average Bonchev–Trinajstić information content (AvgIpc) is 2.99. The maximum atomic E-state index is 14.4. The Kier molecular flexibility index (Phi) is 5.39. The van der Waals surface area contributed by atoms with Crippen LogP contribution in [-0.4, -0.2) is 39.5 Å². The van der Waals surface area contributed by atoms with Crippen LogP contribution in [0.1, 0.15) is 23.6 Å². The van der Waals surface area contributed by atoms with Crippen molar-refractivity contribution in [2.45, 2.75) is 12.5 Å². The minimum Gasteiger partial charge on any atom is -0.284 e. The Balaban J connectivity index is 1.98. The summed E-state index contributed by atoms with van der Waals surface area (Å²) in [7, 11) is -7.19. The van der Waals surface area contributed by atoms with Crippen molar-refractivity contribution in [3.8, 4) is 0 Å². The van der Waals surface area contributed by atoms with Gasteiger partial charge in [-0.2, -0.15) is 9.52 Å². The topological polar surface area (TPSA) is 95.9 Å². The van der Waals surface area contributed by atoms with E-state index in [0.717, 1.165) is 16.9 Å². The van der Waals surface area contributed by atoms with Crippen molar-refractivity contribution in [2.75, 3.05) is 17.2 Å². The lowest BCUT2D eigenvalue weighted by molar-refractivity contribution is 0.365. The Bertz CT molecular complexity index is 1130. The lowest BCUT2D eigenvalue weighted by Gasteiger charge is -2.22. The number of hydrogen-bond donors (Lipinski definition) is 1. The van der Waals surface area contributed by atoms with Crippen LogP contribution in [-0.2, 0) is 20.0 Å². The highest BCUT2D eigenvalue weighted by atomic mass is 35.5. The molecule has 0 aromatic heterocycles. The van der Waals surface area contributed by atoms with E-state index in [4.69, 9.17) is 11.6 Å². The number of sulfonamides is 2. The van der Waals surface area contributed by atoms with E-state index >= 15 is 0 Å². The van der Waals surface area contributed by atoms with Crippen LogP contribution in [0.3, 0.4) is 0 Å². The molecule has 1 atom stereocenters. The number of nitrogens with zero attached hydrogens (tertiary/aromatic N) is 2. The predicted octanol–water partition coefficient (Wildman–Crippen LogP) is 2.96. The van der Waals surface area contributed by atoms with Crippen LogP contribution < -0.4 is 4.72 Å². The van der Waals surface area contributed by atoms with Gasteiger partial charge in [-0.15, -0.1) is 0 Å². The highest BCUT2D eigenvalue weighted by Gasteiger charge is 2.37. The van der Waals surface area contributed by atoms with E-state index in [9.17, 15) is 21.2 Å². The fourth-order valence-corrected chi connectivity index (χ4v) is 4.70. The predicted molar refractivity (Wildman–Crippen MR) is 107 cm³/mol. The molecule has 150 valence electrons. The minimum atomic E-state index is -3.78. The number of nitrogens with one attached hydrogen (secondary N) is 1. The number of rotatable bonds is 5. The van der Waals surface area contributed by atoms with Crippen molar-refractivity contribution in [2.24, 2.45) is 5.10 Å². The van der Waals surface area contributed by atoms with E-state index < -0.39 is 31.9 Å². The molecule has 0 aliphatic carbocycles. The van der Waals surface area contributed by atoms with E-state index in [1.807, 2.05) is 0 Å². The first-order chi connectivity index (χ1) is 13.0. The van der Waals surface area contributed by atoms with Crippen LogP contribution in [0.2, 0.25) is 5.02 Å². The Labute approximate surface area is 167 Å². The van der Waals surface area contributed by atoms with Gasteiger partial charge in [0, 0.05) is 22.7 Å². The van der Waals surface area contributed by atoms with Gasteiger partial charge in [0.2, 0.25) is 20.0 Å². The van der Waals surface area contributed by atoms with E-state index in [0.29, 0.717) is 17.0 Å². The normalized spacial score (nSPS) is 17.5. The Morgan fingerprint density at radius 3 is 2.29 bits per heavy atom. The number of anilines is 1. The van der Waals surface area contributed by atoms with E-state index in [-0.39, 0.29) is 17.0 Å². The molecular weight excluding hydrogens is 429 g/mol. The van der Waals surface area contributed by atoms with Crippen molar-refractivity contribution >= 4 is 43.0 Å². The molecule has 11 heteroatoms. The monoisotopic (exact) mass is 445 g/mol. The summed E-state index contributed by atoms with van der Waals surface area (Å²) in [5.41, 5.74) is 1.42. The van der Waals surface area contributed by atoms with Crippen LogP contribution >= 0.6 is 11.6 Å². The van der Waals surface area contributed by atoms with E-state index in [2.05, 4.69) is 9.82 Å². The maximum Gasteiger partial charge on any atom is 0.247 e. The number of benzene rings is 2. The second kappa shape index (κ2) is 7.34. The molecule has 0 fully saturated rings. The summed E-state index contributed by atoms with van der Waals surface area (Å²) in [6.45, 7) is 0. The lowest BCUT2D eigenvalue weighted by Crippen LogP contribution is -2.26. The molecule has 0 saturated heterocycles. The fourth-order valence-electron chi connectivity index (χ4n) is 2.96. The minimum absolute atomic E-state index is 0.0590. The third-order valence-electron chi connectivity index (χ3n) is 4.07. The van der Waals surface area contributed by atoms with Gasteiger partial charge in [-0.25, -0.2) is 21.2 Å². The van der Waals surface area contributed by atoms with E-state index in [1.54, 1.807) is 12.1 Å². The molecule has 2 aromatic rings. The fraction of sp³-hybridized carbons (Fsp3) is 0.235. The standard InChI is InChI=1S/C17H17ClFN3O4S2/c1-27(23,24)21-12-8-6-11(7-9-12)15-10-16(22(20-15)28(2,25)26)17-13(18)4-3-5-14(17)19/h3-9,16,21H,10H2,1-2H3/t16-/m0/s1. The van der Waals surface area contributed by atoms with Crippen molar-refractivity contribution in [1.29, 1.82) is 0 Å². The lowest BCUT2D eigenvalue weighted by atomic mass is 9.98. The summed E-state index contributed by atoms with van der Waals surface area (Å²) in [5.74, 6) is -0.615. The molecule has 28 heavy (non-hydrogen) atoms. The first-order valence-corrected chi connectivity index (χ1v) is 12.2. The number of hydrazone groups is 1. The van der Waals surface area contributed by atoms with Crippen LogP contribution in [0.5, 0.6) is 0 Å². The molecule has 1 heterocycles. The summed E-state index contributed by atoms with van der Waals surface area (Å²) >= 11 is 6.12. The molecular formula is C17H17ClFN3O4S2. The van der Waals surface area contributed by atoms with Crippen LogP contribution in [0.4, 0.5) is 10.1 Å². The summed E-state index contributed by atoms with van der Waals surface area (Å²) in [4.78, 5) is 0. The van der Waals surface area contributed by atoms with Crippen molar-refractivity contribution in [3.63, 3.8) is 0 Å². The van der Waals surface area contributed by atoms with Gasteiger partial charge in [-0.3, -0.25) is 4.72 Å².